The normalized spacial score (nSPS) is 10.6. The van der Waals surface area contributed by atoms with E-state index in [-0.39, 0.29) is 11.5 Å². The molecule has 2 heterocycles. The number of amides is 2. The van der Waals surface area contributed by atoms with Crippen LogP contribution in [0.3, 0.4) is 0 Å². The van der Waals surface area contributed by atoms with Gasteiger partial charge in [-0.05, 0) is 17.7 Å². The zero-order valence-electron chi connectivity index (χ0n) is 20.2. The second-order valence-electron chi connectivity index (χ2n) is 7.86. The van der Waals surface area contributed by atoms with Crippen LogP contribution in [0.25, 0.3) is 5.65 Å². The number of primary amides is 1. The second-order valence-corrected chi connectivity index (χ2v) is 7.86. The monoisotopic (exact) mass is 489 g/mol. The molecule has 0 aliphatic carbocycles. The van der Waals surface area contributed by atoms with Gasteiger partial charge in [0.1, 0.15) is 22.9 Å². The average molecular weight is 490 g/mol. The van der Waals surface area contributed by atoms with Crippen LogP contribution in [0.2, 0.25) is 0 Å². The van der Waals surface area contributed by atoms with Crippen LogP contribution in [0.15, 0.2) is 54.9 Å². The topological polar surface area (TPSA) is 145 Å². The lowest BCUT2D eigenvalue weighted by atomic mass is 10.2. The number of ether oxygens (including phenoxy) is 2. The Morgan fingerprint density at radius 3 is 2.47 bits per heavy atom. The fraction of sp³-hybridized carbons (Fsp3) is 0.200. The highest BCUT2D eigenvalue weighted by atomic mass is 16.5. The van der Waals surface area contributed by atoms with Crippen molar-refractivity contribution in [3.8, 4) is 11.5 Å². The van der Waals surface area contributed by atoms with Crippen molar-refractivity contribution in [3.05, 3.63) is 66.0 Å². The number of hydrogen-bond acceptors (Lipinski definition) is 8. The Morgan fingerprint density at radius 1 is 1.06 bits per heavy atom. The van der Waals surface area contributed by atoms with Gasteiger partial charge in [-0.25, -0.2) is 9.97 Å². The van der Waals surface area contributed by atoms with E-state index in [0.29, 0.717) is 53.3 Å². The summed E-state index contributed by atoms with van der Waals surface area (Å²) in [6.07, 6.45) is 3.50. The van der Waals surface area contributed by atoms with Crippen molar-refractivity contribution in [3.63, 3.8) is 0 Å². The van der Waals surface area contributed by atoms with E-state index in [1.54, 1.807) is 49.9 Å². The summed E-state index contributed by atoms with van der Waals surface area (Å²) in [5.74, 6) is 1.45. The first-order chi connectivity index (χ1) is 17.4. The highest BCUT2D eigenvalue weighted by molar-refractivity contribution is 5.99. The summed E-state index contributed by atoms with van der Waals surface area (Å²) in [4.78, 5) is 32.6. The molecule has 11 nitrogen and oxygen atoms in total. The van der Waals surface area contributed by atoms with E-state index >= 15 is 0 Å². The van der Waals surface area contributed by atoms with Gasteiger partial charge in [0.2, 0.25) is 11.9 Å². The van der Waals surface area contributed by atoms with Crippen molar-refractivity contribution in [1.82, 2.24) is 14.4 Å². The van der Waals surface area contributed by atoms with Crippen molar-refractivity contribution in [1.29, 1.82) is 0 Å². The zero-order valence-corrected chi connectivity index (χ0v) is 20.2. The zero-order chi connectivity index (χ0) is 25.7. The van der Waals surface area contributed by atoms with Gasteiger partial charge in [-0.3, -0.25) is 14.0 Å². The van der Waals surface area contributed by atoms with Gasteiger partial charge < -0.3 is 31.2 Å². The fourth-order valence-electron chi connectivity index (χ4n) is 3.56. The number of carbonyl (C=O) groups excluding carboxylic acids is 2. The molecular formula is C25H27N7O4. The lowest BCUT2D eigenvalue weighted by Gasteiger charge is -2.10. The quantitative estimate of drug-likeness (QED) is 0.265. The number of benzene rings is 2. The lowest BCUT2D eigenvalue weighted by Crippen LogP contribution is -2.15. The van der Waals surface area contributed by atoms with E-state index in [2.05, 4.69) is 25.9 Å². The minimum atomic E-state index is -0.640. The highest BCUT2D eigenvalue weighted by Crippen LogP contribution is 2.28. The van der Waals surface area contributed by atoms with Crippen molar-refractivity contribution in [2.75, 3.05) is 30.2 Å². The maximum Gasteiger partial charge on any atom is 0.254 e. The Hall–Kier alpha value is -4.80. The first-order valence-electron chi connectivity index (χ1n) is 11.2. The van der Waals surface area contributed by atoms with Crippen molar-refractivity contribution < 1.29 is 19.1 Å². The molecule has 0 fully saturated rings. The van der Waals surface area contributed by atoms with Crippen LogP contribution in [0.5, 0.6) is 11.5 Å². The van der Waals surface area contributed by atoms with Gasteiger partial charge >= 0.3 is 0 Å². The molecule has 2 aromatic heterocycles. The van der Waals surface area contributed by atoms with Crippen molar-refractivity contribution in [2.45, 2.75) is 19.9 Å². The molecule has 0 saturated heterocycles. The first kappa shape index (κ1) is 24.3. The van der Waals surface area contributed by atoms with E-state index < -0.39 is 5.91 Å². The Bertz CT molecular complexity index is 1390. The van der Waals surface area contributed by atoms with Crippen LogP contribution in [0.1, 0.15) is 29.3 Å². The van der Waals surface area contributed by atoms with Gasteiger partial charge in [0.15, 0.2) is 5.65 Å². The molecule has 0 radical (unpaired) electrons. The summed E-state index contributed by atoms with van der Waals surface area (Å²) in [5, 5.41) is 9.31. The summed E-state index contributed by atoms with van der Waals surface area (Å²) in [6.45, 7) is 2.22. The maximum atomic E-state index is 12.0. The molecular weight excluding hydrogens is 462 g/mol. The molecule has 0 aliphatic heterocycles. The van der Waals surface area contributed by atoms with Crippen LogP contribution in [-0.2, 0) is 11.3 Å². The van der Waals surface area contributed by atoms with Gasteiger partial charge in [-0.1, -0.05) is 19.1 Å². The van der Waals surface area contributed by atoms with E-state index in [4.69, 9.17) is 15.2 Å². The van der Waals surface area contributed by atoms with Gasteiger partial charge in [0.05, 0.1) is 20.4 Å². The van der Waals surface area contributed by atoms with E-state index in [9.17, 15) is 9.59 Å². The number of imidazole rings is 1. The number of nitrogens with zero attached hydrogens (tertiary/aromatic N) is 3. The predicted octanol–water partition coefficient (Wildman–Crippen LogP) is 3.55. The first-order valence-corrected chi connectivity index (χ1v) is 11.2. The molecule has 186 valence electrons. The van der Waals surface area contributed by atoms with Gasteiger partial charge in [0, 0.05) is 48.7 Å². The Morgan fingerprint density at radius 2 is 1.81 bits per heavy atom. The number of nitrogens with one attached hydrogen (secondary N) is 3. The standard InChI is InChI=1S/C25H27N7O4/c1-4-22(33)30-16-7-5-6-15(8-16)12-27-25-28-13-20(23(26)34)24-31-21(14-32(24)25)29-17-9-18(35-2)11-19(10-17)36-3/h5-11,13-14,29H,4,12H2,1-3H3,(H2,26,34)(H,27,28)(H,30,33). The van der Waals surface area contributed by atoms with Crippen LogP contribution in [0, 0.1) is 0 Å². The number of carbonyl (C=O) groups is 2. The second kappa shape index (κ2) is 10.6. The Kier molecular flexibility index (Phi) is 7.19. The maximum absolute atomic E-state index is 12.0. The van der Waals surface area contributed by atoms with Crippen LogP contribution < -0.4 is 31.2 Å². The molecule has 2 aromatic carbocycles. The lowest BCUT2D eigenvalue weighted by molar-refractivity contribution is -0.115. The third-order valence-corrected chi connectivity index (χ3v) is 5.36. The molecule has 36 heavy (non-hydrogen) atoms. The van der Waals surface area contributed by atoms with Gasteiger partial charge in [-0.15, -0.1) is 0 Å². The molecule has 0 spiro atoms. The number of nitrogens with two attached hydrogens (primary N) is 1. The van der Waals surface area contributed by atoms with Gasteiger partial charge in [0.25, 0.3) is 5.91 Å². The molecule has 0 saturated carbocycles. The number of rotatable bonds is 10. The summed E-state index contributed by atoms with van der Waals surface area (Å²) in [7, 11) is 3.14. The SMILES string of the molecule is CCC(=O)Nc1cccc(CNc2ncc(C(N)=O)c3nc(Nc4cc(OC)cc(OC)c4)cn23)c1. The fourth-order valence-corrected chi connectivity index (χ4v) is 3.56. The molecule has 0 atom stereocenters. The van der Waals surface area contributed by atoms with Gasteiger partial charge in [-0.2, -0.15) is 0 Å². The Balaban J connectivity index is 1.62. The average Bonchev–Trinajstić information content (AvgIpc) is 3.30. The summed E-state index contributed by atoms with van der Waals surface area (Å²) >= 11 is 0. The van der Waals surface area contributed by atoms with Crippen molar-refractivity contribution >= 4 is 40.6 Å². The van der Waals surface area contributed by atoms with E-state index in [0.717, 1.165) is 5.56 Å². The Labute approximate surface area is 207 Å². The van der Waals surface area contributed by atoms with Crippen molar-refractivity contribution in [2.24, 2.45) is 5.73 Å². The molecule has 0 bridgehead atoms. The largest absolute Gasteiger partial charge is 0.497 e. The number of aromatic nitrogens is 3. The molecule has 2 amide bonds. The molecule has 4 aromatic rings. The van der Waals surface area contributed by atoms with Crippen LogP contribution in [-0.4, -0.2) is 40.4 Å². The molecule has 0 unspecified atom stereocenters. The third kappa shape index (κ3) is 5.46. The number of hydrogen-bond donors (Lipinski definition) is 4. The summed E-state index contributed by atoms with van der Waals surface area (Å²) < 4.78 is 12.3. The van der Waals surface area contributed by atoms with E-state index in [1.807, 2.05) is 24.3 Å². The number of anilines is 4. The van der Waals surface area contributed by atoms with Crippen LogP contribution in [0.4, 0.5) is 23.1 Å². The predicted molar refractivity (Wildman–Crippen MR) is 137 cm³/mol. The smallest absolute Gasteiger partial charge is 0.254 e. The number of methoxy groups -OCH3 is 2. The third-order valence-electron chi connectivity index (χ3n) is 5.36. The summed E-state index contributed by atoms with van der Waals surface area (Å²) in [5.41, 5.74) is 8.42. The van der Waals surface area contributed by atoms with E-state index in [1.165, 1.54) is 6.20 Å². The minimum Gasteiger partial charge on any atom is -0.497 e. The molecule has 4 rings (SSSR count). The summed E-state index contributed by atoms with van der Waals surface area (Å²) in [6, 6.07) is 12.9. The highest BCUT2D eigenvalue weighted by Gasteiger charge is 2.16. The van der Waals surface area contributed by atoms with Crippen LogP contribution >= 0.6 is 0 Å². The molecule has 0 aliphatic rings. The number of fused-ring (bicyclic) bond motifs is 1. The minimum absolute atomic E-state index is 0.0578. The molecule has 11 heteroatoms. The molecule has 5 N–H and O–H groups in total.